The molecule has 13 heavy (non-hydrogen) atoms. The van der Waals surface area contributed by atoms with Crippen LogP contribution in [0, 0.1) is 5.21 Å². The minimum atomic E-state index is -0.600. The lowest BCUT2D eigenvalue weighted by Gasteiger charge is -2.05. The van der Waals surface area contributed by atoms with Crippen molar-refractivity contribution in [3.8, 4) is 0 Å². The van der Waals surface area contributed by atoms with Gasteiger partial charge in [0.25, 0.3) is 0 Å². The van der Waals surface area contributed by atoms with Crippen LogP contribution < -0.4 is 0 Å². The van der Waals surface area contributed by atoms with Crippen LogP contribution in [-0.4, -0.2) is 28.7 Å². The van der Waals surface area contributed by atoms with Crippen molar-refractivity contribution in [1.82, 2.24) is 0 Å². The van der Waals surface area contributed by atoms with Gasteiger partial charge in [-0.1, -0.05) is 18.2 Å². The first kappa shape index (κ1) is 9.74. The van der Waals surface area contributed by atoms with Crippen LogP contribution in [0.5, 0.6) is 0 Å². The average molecular weight is 179 g/mol. The maximum absolute atomic E-state index is 11.1. The molecule has 1 atom stereocenters. The minimum absolute atomic E-state index is 0.106. The maximum atomic E-state index is 11.1. The van der Waals surface area contributed by atoms with Crippen LogP contribution in [0.15, 0.2) is 30.3 Å². The van der Waals surface area contributed by atoms with Crippen LogP contribution >= 0.6 is 0 Å². The SMILES string of the molecule is C[C@H](O)C/[N+]([O-])=C/c1ccccc1. The van der Waals surface area contributed by atoms with Crippen molar-refractivity contribution in [3.05, 3.63) is 41.1 Å². The Labute approximate surface area is 77.5 Å². The average Bonchev–Trinajstić information content (AvgIpc) is 2.04. The second kappa shape index (κ2) is 4.62. The van der Waals surface area contributed by atoms with Crippen molar-refractivity contribution in [2.75, 3.05) is 6.54 Å². The number of hydroxylamine groups is 1. The normalized spacial score (nSPS) is 14.2. The molecule has 3 nitrogen and oxygen atoms in total. The van der Waals surface area contributed by atoms with E-state index in [-0.39, 0.29) is 6.54 Å². The van der Waals surface area contributed by atoms with E-state index in [4.69, 9.17) is 5.11 Å². The molecule has 0 amide bonds. The molecular weight excluding hydrogens is 166 g/mol. The molecule has 0 aliphatic carbocycles. The summed E-state index contributed by atoms with van der Waals surface area (Å²) >= 11 is 0. The van der Waals surface area contributed by atoms with E-state index in [0.29, 0.717) is 0 Å². The van der Waals surface area contributed by atoms with Gasteiger partial charge in [-0.2, -0.15) is 0 Å². The lowest BCUT2D eigenvalue weighted by Crippen LogP contribution is -2.18. The van der Waals surface area contributed by atoms with Crippen LogP contribution in [0.1, 0.15) is 12.5 Å². The third kappa shape index (κ3) is 3.71. The van der Waals surface area contributed by atoms with Gasteiger partial charge >= 0.3 is 0 Å². The molecule has 0 aliphatic heterocycles. The Morgan fingerprint density at radius 2 is 2.08 bits per heavy atom. The first-order chi connectivity index (χ1) is 6.18. The van der Waals surface area contributed by atoms with E-state index in [1.165, 1.54) is 6.21 Å². The zero-order valence-corrected chi connectivity index (χ0v) is 7.55. The molecule has 0 spiro atoms. The molecular formula is C10H13NO2. The van der Waals surface area contributed by atoms with Crippen LogP contribution in [-0.2, 0) is 0 Å². The van der Waals surface area contributed by atoms with Crippen molar-refractivity contribution in [2.24, 2.45) is 0 Å². The molecule has 0 aromatic heterocycles. The molecule has 70 valence electrons. The molecule has 0 aliphatic rings. The van der Waals surface area contributed by atoms with Crippen molar-refractivity contribution >= 4 is 6.21 Å². The number of benzene rings is 1. The molecule has 3 heteroatoms. The summed E-state index contributed by atoms with van der Waals surface area (Å²) in [5.74, 6) is 0. The lowest BCUT2D eigenvalue weighted by molar-refractivity contribution is -0.462. The number of nitrogens with zero attached hydrogens (tertiary/aromatic N) is 1. The van der Waals surface area contributed by atoms with E-state index in [0.717, 1.165) is 10.3 Å². The van der Waals surface area contributed by atoms with E-state index < -0.39 is 6.10 Å². The first-order valence-electron chi connectivity index (χ1n) is 4.20. The Bertz CT molecular complexity index is 280. The highest BCUT2D eigenvalue weighted by Crippen LogP contribution is 1.94. The van der Waals surface area contributed by atoms with Crippen molar-refractivity contribution in [2.45, 2.75) is 13.0 Å². The number of aliphatic hydroxyl groups is 1. The van der Waals surface area contributed by atoms with Gasteiger partial charge in [0.2, 0.25) is 0 Å². The Morgan fingerprint density at radius 3 is 2.62 bits per heavy atom. The zero-order valence-electron chi connectivity index (χ0n) is 7.55. The van der Waals surface area contributed by atoms with Crippen LogP contribution in [0.25, 0.3) is 0 Å². The highest BCUT2D eigenvalue weighted by atomic mass is 16.5. The maximum Gasteiger partial charge on any atom is 0.181 e. The van der Waals surface area contributed by atoms with Gasteiger partial charge in [0, 0.05) is 5.56 Å². The third-order valence-corrected chi connectivity index (χ3v) is 1.54. The monoisotopic (exact) mass is 179 g/mol. The molecule has 0 saturated carbocycles. The molecule has 0 fully saturated rings. The molecule has 0 saturated heterocycles. The topological polar surface area (TPSA) is 46.3 Å². The van der Waals surface area contributed by atoms with Gasteiger partial charge in [-0.25, -0.2) is 4.74 Å². The summed E-state index contributed by atoms with van der Waals surface area (Å²) in [6.45, 7) is 1.69. The smallest absolute Gasteiger partial charge is 0.181 e. The van der Waals surface area contributed by atoms with Gasteiger partial charge in [-0.15, -0.1) is 0 Å². The summed E-state index contributed by atoms with van der Waals surface area (Å²) in [5.41, 5.74) is 0.846. The number of rotatable bonds is 3. The third-order valence-electron chi connectivity index (χ3n) is 1.54. The summed E-state index contributed by atoms with van der Waals surface area (Å²) in [5, 5.41) is 20.1. The molecule has 1 N–H and O–H groups in total. The fourth-order valence-corrected chi connectivity index (χ4v) is 1.02. The van der Waals surface area contributed by atoms with E-state index >= 15 is 0 Å². The Balaban J connectivity index is 2.66. The molecule has 1 aromatic rings. The van der Waals surface area contributed by atoms with Crippen molar-refractivity contribution < 1.29 is 9.85 Å². The number of aliphatic hydroxyl groups excluding tert-OH is 1. The Kier molecular flexibility index (Phi) is 3.46. The van der Waals surface area contributed by atoms with E-state index in [1.54, 1.807) is 6.92 Å². The molecule has 1 rings (SSSR count). The predicted octanol–water partition coefficient (Wildman–Crippen LogP) is 0.997. The van der Waals surface area contributed by atoms with Crippen molar-refractivity contribution in [1.29, 1.82) is 0 Å². The molecule has 1 aromatic carbocycles. The highest BCUT2D eigenvalue weighted by Gasteiger charge is 2.00. The Hall–Kier alpha value is -1.35. The zero-order chi connectivity index (χ0) is 9.68. The molecule has 0 radical (unpaired) electrons. The Morgan fingerprint density at radius 1 is 1.46 bits per heavy atom. The summed E-state index contributed by atoms with van der Waals surface area (Å²) in [4.78, 5) is 0. The van der Waals surface area contributed by atoms with Gasteiger partial charge < -0.3 is 10.3 Å². The van der Waals surface area contributed by atoms with Crippen LogP contribution in [0.4, 0.5) is 0 Å². The highest BCUT2D eigenvalue weighted by molar-refractivity contribution is 5.75. The van der Waals surface area contributed by atoms with Gasteiger partial charge in [0.15, 0.2) is 12.8 Å². The lowest BCUT2D eigenvalue weighted by atomic mass is 10.2. The fraction of sp³-hybridized carbons (Fsp3) is 0.300. The first-order valence-corrected chi connectivity index (χ1v) is 4.20. The van der Waals surface area contributed by atoms with Gasteiger partial charge in [0.1, 0.15) is 6.10 Å². The quantitative estimate of drug-likeness (QED) is 0.325. The molecule has 0 unspecified atom stereocenters. The summed E-state index contributed by atoms with van der Waals surface area (Å²) in [7, 11) is 0. The van der Waals surface area contributed by atoms with Crippen LogP contribution in [0.2, 0.25) is 0 Å². The van der Waals surface area contributed by atoms with E-state index in [2.05, 4.69) is 0 Å². The molecule has 0 heterocycles. The largest absolute Gasteiger partial charge is 0.624 e. The molecule has 0 bridgehead atoms. The summed E-state index contributed by atoms with van der Waals surface area (Å²) in [6.07, 6.45) is 0.865. The van der Waals surface area contributed by atoms with Gasteiger partial charge in [-0.3, -0.25) is 0 Å². The second-order valence-corrected chi connectivity index (χ2v) is 2.99. The second-order valence-electron chi connectivity index (χ2n) is 2.99. The fourth-order valence-electron chi connectivity index (χ4n) is 1.02. The van der Waals surface area contributed by atoms with E-state index in [9.17, 15) is 5.21 Å². The van der Waals surface area contributed by atoms with E-state index in [1.807, 2.05) is 30.3 Å². The number of hydrogen-bond acceptors (Lipinski definition) is 2. The number of hydrogen-bond donors (Lipinski definition) is 1. The standard InChI is InChI=1S/C10H13NO2/c1-9(12)7-11(13)8-10-5-3-2-4-6-10/h2-6,8-9,12H,7H2,1H3/b11-8-/t9-/m0/s1. The van der Waals surface area contributed by atoms with Gasteiger partial charge in [-0.05, 0) is 19.1 Å². The summed E-state index contributed by atoms with van der Waals surface area (Å²) in [6, 6.07) is 9.30. The summed E-state index contributed by atoms with van der Waals surface area (Å²) < 4.78 is 0.736. The predicted molar refractivity (Wildman–Crippen MR) is 51.8 cm³/mol. The van der Waals surface area contributed by atoms with Gasteiger partial charge in [0.05, 0.1) is 0 Å². The van der Waals surface area contributed by atoms with Crippen molar-refractivity contribution in [3.63, 3.8) is 0 Å². The van der Waals surface area contributed by atoms with Crippen LogP contribution in [0.3, 0.4) is 0 Å². The minimum Gasteiger partial charge on any atom is -0.624 e.